The lowest BCUT2D eigenvalue weighted by Gasteiger charge is -2.16. The molecule has 660 valence electrons. The van der Waals surface area contributed by atoms with Crippen molar-refractivity contribution < 1.29 is 28.7 Å². The Bertz CT molecular complexity index is 6530. The van der Waals surface area contributed by atoms with Gasteiger partial charge in [0.15, 0.2) is 0 Å². The highest BCUT2D eigenvalue weighted by molar-refractivity contribution is 8.00. The quantitative estimate of drug-likeness (QED) is 0.0223. The van der Waals surface area contributed by atoms with Gasteiger partial charge in [0.1, 0.15) is 29.4 Å². The average molecular weight is 1820 g/mol. The summed E-state index contributed by atoms with van der Waals surface area (Å²) in [5, 5.41) is 25.5. The van der Waals surface area contributed by atoms with Crippen LogP contribution in [-0.2, 0) is 48.8 Å². The molecule has 5 amide bonds. The monoisotopic (exact) mass is 1820 g/mol. The smallest absolute Gasteiger partial charge is 0.265 e. The van der Waals surface area contributed by atoms with Crippen LogP contribution in [0.1, 0.15) is 123 Å². The van der Waals surface area contributed by atoms with Gasteiger partial charge in [-0.25, -0.2) is 5.43 Å². The van der Waals surface area contributed by atoms with Crippen molar-refractivity contribution in [1.82, 2.24) is 57.0 Å². The van der Waals surface area contributed by atoms with Crippen LogP contribution in [0.25, 0.3) is 0 Å². The molecule has 0 aliphatic carbocycles. The van der Waals surface area contributed by atoms with Gasteiger partial charge in [0.05, 0.1) is 55.5 Å². The molecule has 132 heavy (non-hydrogen) atoms. The van der Waals surface area contributed by atoms with Crippen LogP contribution >= 0.6 is 47.0 Å². The molecule has 10 heterocycles. The number of benzene rings is 9. The minimum atomic E-state index is -0.503. The molecule has 25 nitrogen and oxygen atoms in total. The predicted molar refractivity (Wildman–Crippen MR) is 524 cm³/mol. The normalized spacial score (nSPS) is 14.8. The standard InChI is InChI=1S/C27H23N5OS.C26H25N5O2S.C26H21N5OS.C24H24N4O2S/c33-27(32-30-18-19-7-2-1-3-8-19)21-12-13-25-23(15-21)31-26(22-10-4-5-11-24(22)34-25)29-17-20-9-6-14-28-16-20;32-25(31-20-8-3-4-13-28-26(20)33)18-10-11-23-21(14-18)30-24(19-7-1-2-9-22(19)34-23)29-16-17-6-5-12-27-15-17;32-26(30-16-18-9-12-27-13-10-18)20-7-8-24-22(14-20)31-25(21-5-1-2-6-23(21)33-24)29-17-19-4-3-11-28-15-19;1-2-30-13-12-26-24(29)18-9-10-22-20(14-18)28-23(19-7-3-4-8-21(19)31-22)27-16-17-6-5-11-25-15-17/h1-16,30H,17-18H2,(H,29,31)(H,32,33);1-2,5-7,9-12,14-15,20H,3-4,8,13,16H2,(H,28,33)(H,29,30)(H,31,32);1-15H,16-17H2,(H,29,31)(H,30,32);3-11,14-15H,2,12-13,16H2,1H3,(H,26,29)(H,27,28). The van der Waals surface area contributed by atoms with E-state index >= 15 is 0 Å². The van der Waals surface area contributed by atoms with E-state index in [4.69, 9.17) is 24.7 Å². The van der Waals surface area contributed by atoms with Crippen molar-refractivity contribution in [3.05, 3.63) is 401 Å². The summed E-state index contributed by atoms with van der Waals surface area (Å²) in [4.78, 5) is 112. The lowest BCUT2D eigenvalue weighted by molar-refractivity contribution is -0.122. The minimum absolute atomic E-state index is 0.116. The van der Waals surface area contributed by atoms with E-state index in [0.29, 0.717) is 94.2 Å². The Labute approximate surface area is 781 Å². The van der Waals surface area contributed by atoms with Crippen LogP contribution in [0, 0.1) is 0 Å². The fourth-order valence-corrected chi connectivity index (χ4v) is 18.4. The first-order valence-corrected chi connectivity index (χ1v) is 46.4. The van der Waals surface area contributed by atoms with Gasteiger partial charge in [0.25, 0.3) is 23.6 Å². The van der Waals surface area contributed by atoms with Crippen molar-refractivity contribution in [3.63, 3.8) is 0 Å². The van der Waals surface area contributed by atoms with Crippen LogP contribution in [0.4, 0.5) is 22.7 Å². The first-order chi connectivity index (χ1) is 64.9. The molecule has 10 N–H and O–H groups in total. The summed E-state index contributed by atoms with van der Waals surface area (Å²) in [7, 11) is 0. The fourth-order valence-electron chi connectivity index (χ4n) is 14.3. The van der Waals surface area contributed by atoms with E-state index in [1.165, 1.54) is 0 Å². The highest BCUT2D eigenvalue weighted by Gasteiger charge is 2.28. The number of amidine groups is 4. The first kappa shape index (κ1) is 90.6. The summed E-state index contributed by atoms with van der Waals surface area (Å²) in [6.07, 6.45) is 20.2. The molecule has 29 heteroatoms. The zero-order valence-electron chi connectivity index (χ0n) is 72.0. The molecule has 0 radical (unpaired) electrons. The fraction of sp³-hybridized carbons (Fsp3) is 0.146. The molecule has 5 aliphatic rings. The zero-order valence-corrected chi connectivity index (χ0v) is 75.2. The summed E-state index contributed by atoms with van der Waals surface area (Å²) < 4.78 is 5.29. The average Bonchev–Trinajstić information content (AvgIpc) is 1.67. The van der Waals surface area contributed by atoms with E-state index in [9.17, 15) is 24.0 Å². The summed E-state index contributed by atoms with van der Waals surface area (Å²) >= 11 is 6.63. The van der Waals surface area contributed by atoms with Gasteiger partial charge in [-0.05, 0) is 193 Å². The molecule has 0 saturated carbocycles. The lowest BCUT2D eigenvalue weighted by atomic mass is 10.1. The molecule has 0 spiro atoms. The Morgan fingerprint density at radius 3 is 1.13 bits per heavy atom. The van der Waals surface area contributed by atoms with Crippen LogP contribution in [0.2, 0.25) is 0 Å². The molecule has 0 bridgehead atoms. The van der Waals surface area contributed by atoms with Crippen LogP contribution in [0.3, 0.4) is 0 Å². The Morgan fingerprint density at radius 1 is 0.371 bits per heavy atom. The van der Waals surface area contributed by atoms with Crippen LogP contribution in [0.5, 0.6) is 0 Å². The molecule has 1 atom stereocenters. The number of anilines is 4. The number of amides is 5. The molecule has 1 saturated heterocycles. The van der Waals surface area contributed by atoms with E-state index < -0.39 is 6.04 Å². The highest BCUT2D eigenvalue weighted by Crippen LogP contribution is 2.44. The van der Waals surface area contributed by atoms with Crippen molar-refractivity contribution in [3.8, 4) is 0 Å². The number of carbonyl (C=O) groups excluding carboxylic acids is 5. The summed E-state index contributed by atoms with van der Waals surface area (Å²) in [6, 6.07) is 84.2. The lowest BCUT2D eigenvalue weighted by Crippen LogP contribution is -2.45. The molecule has 1 unspecified atom stereocenters. The van der Waals surface area contributed by atoms with E-state index in [1.54, 1.807) is 96.5 Å². The number of pyridine rings is 5. The maximum absolute atomic E-state index is 13.0. The van der Waals surface area contributed by atoms with Gasteiger partial charge in [-0.1, -0.05) is 174 Å². The van der Waals surface area contributed by atoms with E-state index in [-0.39, 0.29) is 29.5 Å². The Hall–Kier alpha value is -14.7. The number of aliphatic imine (C=N–C) groups is 4. The first-order valence-electron chi connectivity index (χ1n) is 43.1. The number of carbonyl (C=O) groups is 5. The highest BCUT2D eigenvalue weighted by atomic mass is 32.2. The van der Waals surface area contributed by atoms with Gasteiger partial charge < -0.3 is 47.3 Å². The summed E-state index contributed by atoms with van der Waals surface area (Å²) in [5.74, 6) is 2.25. The van der Waals surface area contributed by atoms with Crippen LogP contribution < -0.4 is 53.4 Å². The van der Waals surface area contributed by atoms with Gasteiger partial charge in [-0.2, -0.15) is 0 Å². The van der Waals surface area contributed by atoms with Gasteiger partial charge in [0, 0.05) is 178 Å². The second kappa shape index (κ2) is 46.0. The van der Waals surface area contributed by atoms with E-state index in [2.05, 4.69) is 121 Å². The molecule has 19 rings (SSSR count). The topological polar surface area (TPSA) is 329 Å². The number of hydrazine groups is 1. The van der Waals surface area contributed by atoms with Crippen molar-refractivity contribution in [2.75, 3.05) is 47.6 Å². The Kier molecular flexibility index (Phi) is 31.6. The minimum Gasteiger partial charge on any atom is -0.380 e. The third-order valence-electron chi connectivity index (χ3n) is 21.1. The zero-order chi connectivity index (χ0) is 90.4. The van der Waals surface area contributed by atoms with Crippen LogP contribution in [0.15, 0.2) is 382 Å². The second-order valence-electron chi connectivity index (χ2n) is 30.4. The van der Waals surface area contributed by atoms with Crippen molar-refractivity contribution in [1.29, 1.82) is 0 Å². The third-order valence-corrected chi connectivity index (χ3v) is 25.7. The number of aromatic nitrogens is 5. The van der Waals surface area contributed by atoms with Gasteiger partial charge >= 0.3 is 0 Å². The summed E-state index contributed by atoms with van der Waals surface area (Å²) in [5.41, 5.74) is 21.7. The molecular weight excluding hydrogens is 1730 g/mol. The van der Waals surface area contributed by atoms with E-state index in [1.807, 2.05) is 238 Å². The SMILES string of the molecule is CCOCCNC(=O)c1ccc2c(c1)NC(=NCc1cccnc1)c1ccccc1S2.O=C(NC1CCCCNC1=O)c1ccc2c(c1)NC(=NCc1cccnc1)c1ccccc1S2.O=C(NCc1ccncc1)c1ccc2c(c1)NC(=NCc1cccnc1)c1ccccc1S2.O=C(NNCc1ccccc1)c1ccc2c(c1)NC(=NCc1cccnc1)c1ccccc1S2. The van der Waals surface area contributed by atoms with Crippen molar-refractivity contribution in [2.24, 2.45) is 20.0 Å². The maximum Gasteiger partial charge on any atom is 0.265 e. The number of hydrogen-bond donors (Lipinski definition) is 10. The predicted octanol–water partition coefficient (Wildman–Crippen LogP) is 18.3. The molecule has 5 aliphatic heterocycles. The Morgan fingerprint density at radius 2 is 0.735 bits per heavy atom. The van der Waals surface area contributed by atoms with Crippen molar-refractivity contribution >= 4 is 123 Å². The maximum atomic E-state index is 13.0. The number of ether oxygens (including phenoxy) is 1. The number of nitrogens with zero attached hydrogens (tertiary/aromatic N) is 9. The van der Waals surface area contributed by atoms with E-state index in [0.717, 1.165) is 154 Å². The number of hydrogen-bond acceptors (Lipinski definition) is 20. The van der Waals surface area contributed by atoms with Crippen molar-refractivity contribution in [2.45, 2.75) is 111 Å². The van der Waals surface area contributed by atoms with Gasteiger partial charge in [-0.3, -0.25) is 74.3 Å². The number of fused-ring (bicyclic) bond motifs is 8. The Balaban J connectivity index is 0.000000128. The number of rotatable bonds is 22. The van der Waals surface area contributed by atoms with Gasteiger partial charge in [0.2, 0.25) is 5.91 Å². The number of nitrogens with one attached hydrogen (secondary N) is 10. The molecular formula is C103H93N19O6S4. The molecule has 1 fully saturated rings. The molecule has 5 aromatic heterocycles. The van der Waals surface area contributed by atoms with Crippen LogP contribution in [-0.4, -0.2) is 110 Å². The van der Waals surface area contributed by atoms with Gasteiger partial charge in [-0.15, -0.1) is 0 Å². The largest absolute Gasteiger partial charge is 0.380 e. The summed E-state index contributed by atoms with van der Waals surface area (Å²) in [6.45, 7) is 7.23. The molecule has 9 aromatic carbocycles. The second-order valence-corrected chi connectivity index (χ2v) is 34.8. The molecule has 14 aromatic rings. The third kappa shape index (κ3) is 24.8.